The van der Waals surface area contributed by atoms with Gasteiger partial charge in [0.1, 0.15) is 5.75 Å². The highest BCUT2D eigenvalue weighted by atomic mass is 16.3. The van der Waals surface area contributed by atoms with Gasteiger partial charge in [-0.05, 0) is 43.5 Å². The molecule has 1 aliphatic heterocycles. The van der Waals surface area contributed by atoms with Crippen molar-refractivity contribution < 1.29 is 14.7 Å². The minimum Gasteiger partial charge on any atom is -0.508 e. The monoisotopic (exact) mass is 330 g/mol. The van der Waals surface area contributed by atoms with E-state index in [1.165, 1.54) is 6.42 Å². The third-order valence-corrected chi connectivity index (χ3v) is 5.55. The van der Waals surface area contributed by atoms with E-state index in [4.69, 9.17) is 0 Å². The first-order valence-corrected chi connectivity index (χ1v) is 8.80. The Morgan fingerprint density at radius 3 is 2.46 bits per heavy atom. The van der Waals surface area contributed by atoms with E-state index in [0.717, 1.165) is 25.7 Å². The van der Waals surface area contributed by atoms with Crippen molar-refractivity contribution in [3.05, 3.63) is 29.3 Å². The first-order chi connectivity index (χ1) is 11.4. The van der Waals surface area contributed by atoms with Crippen molar-refractivity contribution in [2.45, 2.75) is 51.5 Å². The molecule has 1 aromatic carbocycles. The van der Waals surface area contributed by atoms with E-state index in [-0.39, 0.29) is 23.1 Å². The fourth-order valence-corrected chi connectivity index (χ4v) is 4.25. The van der Waals surface area contributed by atoms with Gasteiger partial charge in [0, 0.05) is 32.1 Å². The number of phenolic OH excluding ortho intramolecular Hbond substituents is 1. The summed E-state index contributed by atoms with van der Waals surface area (Å²) in [4.78, 5) is 28.9. The zero-order chi connectivity index (χ0) is 17.3. The smallest absolute Gasteiger partial charge is 0.254 e. The van der Waals surface area contributed by atoms with E-state index < -0.39 is 0 Å². The lowest BCUT2D eigenvalue weighted by atomic mass is 9.78. The molecule has 130 valence electrons. The topological polar surface area (TPSA) is 60.9 Å². The van der Waals surface area contributed by atoms with Crippen LogP contribution in [0.1, 0.15) is 54.9 Å². The number of phenols is 1. The molecule has 1 saturated heterocycles. The largest absolute Gasteiger partial charge is 0.508 e. The summed E-state index contributed by atoms with van der Waals surface area (Å²) >= 11 is 0. The predicted octanol–water partition coefficient (Wildman–Crippen LogP) is 2.71. The maximum Gasteiger partial charge on any atom is 0.254 e. The lowest BCUT2D eigenvalue weighted by Gasteiger charge is -2.52. The van der Waals surface area contributed by atoms with Gasteiger partial charge in [-0.25, -0.2) is 0 Å². The summed E-state index contributed by atoms with van der Waals surface area (Å²) in [6.07, 6.45) is 5.39. The molecule has 5 nitrogen and oxygen atoms in total. The summed E-state index contributed by atoms with van der Waals surface area (Å²) in [5.74, 6) is 0.312. The summed E-state index contributed by atoms with van der Waals surface area (Å²) in [7, 11) is 0. The fraction of sp³-hybridized carbons (Fsp3) is 0.579. The molecule has 1 aromatic rings. The Balaban J connectivity index is 1.83. The lowest BCUT2D eigenvalue weighted by molar-refractivity contribution is -0.141. The van der Waals surface area contributed by atoms with Crippen LogP contribution in [0.5, 0.6) is 5.75 Å². The molecule has 2 aliphatic rings. The van der Waals surface area contributed by atoms with Crippen molar-refractivity contribution in [3.63, 3.8) is 0 Å². The SMILES string of the molecule is CC(=O)N1CCN(C(=O)c2ccc(O)c(C)c2)CC12CCCCC2. The molecule has 1 spiro atoms. The Morgan fingerprint density at radius 2 is 1.83 bits per heavy atom. The first-order valence-electron chi connectivity index (χ1n) is 8.80. The maximum absolute atomic E-state index is 12.9. The molecule has 5 heteroatoms. The Kier molecular flexibility index (Phi) is 4.52. The fourth-order valence-electron chi connectivity index (χ4n) is 4.25. The number of aromatic hydroxyl groups is 1. The minimum absolute atomic E-state index is 0.00810. The van der Waals surface area contributed by atoms with E-state index in [9.17, 15) is 14.7 Å². The minimum atomic E-state index is -0.191. The Bertz CT molecular complexity index is 650. The molecule has 1 heterocycles. The number of carbonyl (C=O) groups is 2. The second-order valence-electron chi connectivity index (χ2n) is 7.18. The quantitative estimate of drug-likeness (QED) is 0.861. The average molecular weight is 330 g/mol. The normalized spacial score (nSPS) is 20.2. The summed E-state index contributed by atoms with van der Waals surface area (Å²) in [6, 6.07) is 4.99. The molecule has 2 fully saturated rings. The number of benzene rings is 1. The molecule has 0 atom stereocenters. The molecule has 2 amide bonds. The van der Waals surface area contributed by atoms with Crippen LogP contribution in [-0.2, 0) is 4.79 Å². The van der Waals surface area contributed by atoms with Gasteiger partial charge in [-0.1, -0.05) is 19.3 Å². The highest BCUT2D eigenvalue weighted by Gasteiger charge is 2.44. The average Bonchev–Trinajstić information content (AvgIpc) is 2.57. The van der Waals surface area contributed by atoms with Crippen LogP contribution in [0.15, 0.2) is 18.2 Å². The lowest BCUT2D eigenvalue weighted by Crippen LogP contribution is -2.65. The molecule has 0 aromatic heterocycles. The highest BCUT2D eigenvalue weighted by Crippen LogP contribution is 2.37. The van der Waals surface area contributed by atoms with E-state index in [0.29, 0.717) is 30.8 Å². The second kappa shape index (κ2) is 6.46. The maximum atomic E-state index is 12.9. The number of rotatable bonds is 1. The van der Waals surface area contributed by atoms with E-state index in [1.807, 2.05) is 9.80 Å². The van der Waals surface area contributed by atoms with Crippen molar-refractivity contribution in [3.8, 4) is 5.75 Å². The van der Waals surface area contributed by atoms with Crippen molar-refractivity contribution in [1.82, 2.24) is 9.80 Å². The van der Waals surface area contributed by atoms with Crippen LogP contribution in [0.2, 0.25) is 0 Å². The first kappa shape index (κ1) is 16.8. The predicted molar refractivity (Wildman–Crippen MR) is 92.0 cm³/mol. The van der Waals surface area contributed by atoms with Crippen molar-refractivity contribution in [2.75, 3.05) is 19.6 Å². The van der Waals surface area contributed by atoms with Crippen LogP contribution in [-0.4, -0.2) is 51.9 Å². The van der Waals surface area contributed by atoms with Gasteiger partial charge < -0.3 is 14.9 Å². The highest BCUT2D eigenvalue weighted by molar-refractivity contribution is 5.95. The molecule has 0 unspecified atom stereocenters. The summed E-state index contributed by atoms with van der Waals surface area (Å²) in [6.45, 7) is 5.23. The van der Waals surface area contributed by atoms with E-state index in [1.54, 1.807) is 32.0 Å². The third-order valence-electron chi connectivity index (χ3n) is 5.55. The molecular weight excluding hydrogens is 304 g/mol. The molecular formula is C19H26N2O3. The van der Waals surface area contributed by atoms with E-state index in [2.05, 4.69) is 0 Å². The van der Waals surface area contributed by atoms with Gasteiger partial charge in [0.05, 0.1) is 5.54 Å². The zero-order valence-corrected chi connectivity index (χ0v) is 14.5. The Hall–Kier alpha value is -2.04. The second-order valence-corrected chi connectivity index (χ2v) is 7.18. The summed E-state index contributed by atoms with van der Waals surface area (Å²) in [5, 5.41) is 9.66. The number of hydrogen-bond donors (Lipinski definition) is 1. The van der Waals surface area contributed by atoms with Gasteiger partial charge in [-0.3, -0.25) is 9.59 Å². The van der Waals surface area contributed by atoms with Crippen LogP contribution < -0.4 is 0 Å². The van der Waals surface area contributed by atoms with Crippen LogP contribution in [0, 0.1) is 6.92 Å². The number of amides is 2. The van der Waals surface area contributed by atoms with Crippen LogP contribution in [0.4, 0.5) is 0 Å². The van der Waals surface area contributed by atoms with Gasteiger partial charge in [-0.15, -0.1) is 0 Å². The molecule has 24 heavy (non-hydrogen) atoms. The van der Waals surface area contributed by atoms with Gasteiger partial charge in [0.15, 0.2) is 0 Å². The molecule has 1 aliphatic carbocycles. The van der Waals surface area contributed by atoms with Crippen molar-refractivity contribution in [1.29, 1.82) is 0 Å². The Labute approximate surface area is 143 Å². The van der Waals surface area contributed by atoms with E-state index >= 15 is 0 Å². The number of nitrogens with zero attached hydrogens (tertiary/aromatic N) is 2. The molecule has 3 rings (SSSR count). The van der Waals surface area contributed by atoms with Crippen molar-refractivity contribution in [2.24, 2.45) is 0 Å². The number of piperazine rings is 1. The van der Waals surface area contributed by atoms with Gasteiger partial charge in [0.2, 0.25) is 5.91 Å². The van der Waals surface area contributed by atoms with Crippen LogP contribution in [0.25, 0.3) is 0 Å². The van der Waals surface area contributed by atoms with Gasteiger partial charge >= 0.3 is 0 Å². The van der Waals surface area contributed by atoms with Crippen LogP contribution in [0.3, 0.4) is 0 Å². The Morgan fingerprint density at radius 1 is 1.12 bits per heavy atom. The third kappa shape index (κ3) is 2.99. The van der Waals surface area contributed by atoms with Gasteiger partial charge in [0.25, 0.3) is 5.91 Å². The molecule has 0 radical (unpaired) electrons. The molecule has 1 saturated carbocycles. The number of aryl methyl sites for hydroxylation is 1. The van der Waals surface area contributed by atoms with Gasteiger partial charge in [-0.2, -0.15) is 0 Å². The van der Waals surface area contributed by atoms with Crippen molar-refractivity contribution >= 4 is 11.8 Å². The van der Waals surface area contributed by atoms with Crippen LogP contribution >= 0.6 is 0 Å². The summed E-state index contributed by atoms with van der Waals surface area (Å²) in [5.41, 5.74) is 1.12. The zero-order valence-electron chi connectivity index (χ0n) is 14.5. The molecule has 1 N–H and O–H groups in total. The summed E-state index contributed by atoms with van der Waals surface area (Å²) < 4.78 is 0. The molecule has 0 bridgehead atoms. The number of hydrogen-bond acceptors (Lipinski definition) is 3. The number of carbonyl (C=O) groups excluding carboxylic acids is 2. The standard InChI is InChI=1S/C19H26N2O3/c1-14-12-16(6-7-17(14)23)18(24)20-10-11-21(15(2)22)19(13-20)8-4-3-5-9-19/h6-7,12,23H,3-5,8-11,13H2,1-2H3.